The minimum absolute atomic E-state index is 0.606. The number of hydrogen-bond donors (Lipinski definition) is 1. The topological polar surface area (TPSA) is 55.3 Å². The van der Waals surface area contributed by atoms with Crippen LogP contribution in [0.5, 0.6) is 11.5 Å². The summed E-state index contributed by atoms with van der Waals surface area (Å²) in [4.78, 5) is 6.77. The summed E-state index contributed by atoms with van der Waals surface area (Å²) in [6, 6.07) is 12.5. The molecule has 28 heavy (non-hydrogen) atoms. The summed E-state index contributed by atoms with van der Waals surface area (Å²) in [6.07, 6.45) is 0.941. The van der Waals surface area contributed by atoms with Gasteiger partial charge in [-0.1, -0.05) is 24.3 Å². The normalized spacial score (nSPS) is 13.9. The molecule has 2 aromatic carbocycles. The number of fused-ring (bicyclic) bond motifs is 1. The lowest BCUT2D eigenvalue weighted by molar-refractivity contribution is 0.184. The molecular formula is C22H29N3O3. The molecule has 6 heteroatoms. The average molecular weight is 383 g/mol. The first-order valence-corrected chi connectivity index (χ1v) is 9.45. The fraction of sp³-hybridized carbons (Fsp3) is 0.409. The van der Waals surface area contributed by atoms with Crippen LogP contribution in [0.4, 0.5) is 0 Å². The van der Waals surface area contributed by atoms with Crippen molar-refractivity contribution in [1.82, 2.24) is 10.2 Å². The smallest absolute Gasteiger partial charge is 0.194 e. The van der Waals surface area contributed by atoms with Crippen molar-refractivity contribution in [3.05, 3.63) is 58.7 Å². The first kappa shape index (κ1) is 20.0. The minimum atomic E-state index is 0.606. The van der Waals surface area contributed by atoms with E-state index in [1.165, 1.54) is 22.3 Å². The van der Waals surface area contributed by atoms with Gasteiger partial charge in [0, 0.05) is 33.8 Å². The van der Waals surface area contributed by atoms with Crippen molar-refractivity contribution >= 4 is 5.96 Å². The predicted molar refractivity (Wildman–Crippen MR) is 111 cm³/mol. The van der Waals surface area contributed by atoms with E-state index in [-0.39, 0.29) is 0 Å². The number of aliphatic imine (C=N–C) groups is 1. The Labute approximate surface area is 167 Å². The van der Waals surface area contributed by atoms with Gasteiger partial charge in [0.05, 0.1) is 20.8 Å². The van der Waals surface area contributed by atoms with Gasteiger partial charge in [-0.15, -0.1) is 0 Å². The Morgan fingerprint density at radius 1 is 1.04 bits per heavy atom. The second kappa shape index (κ2) is 9.46. The zero-order valence-electron chi connectivity index (χ0n) is 17.1. The second-order valence-electron chi connectivity index (χ2n) is 6.75. The Morgan fingerprint density at radius 2 is 1.71 bits per heavy atom. The van der Waals surface area contributed by atoms with Crippen LogP contribution in [0.25, 0.3) is 0 Å². The van der Waals surface area contributed by atoms with Crippen LogP contribution < -0.4 is 14.8 Å². The highest BCUT2D eigenvalue weighted by atomic mass is 16.5. The van der Waals surface area contributed by atoms with Crippen LogP contribution in [0, 0.1) is 0 Å². The van der Waals surface area contributed by atoms with E-state index in [1.807, 2.05) is 13.1 Å². The van der Waals surface area contributed by atoms with E-state index in [0.29, 0.717) is 13.2 Å². The molecule has 0 aromatic heterocycles. The summed E-state index contributed by atoms with van der Waals surface area (Å²) in [5.74, 6) is 2.44. The highest BCUT2D eigenvalue weighted by Crippen LogP contribution is 2.33. The summed E-state index contributed by atoms with van der Waals surface area (Å²) >= 11 is 0. The summed E-state index contributed by atoms with van der Waals surface area (Å²) in [5.41, 5.74) is 4.95. The monoisotopic (exact) mass is 383 g/mol. The van der Waals surface area contributed by atoms with E-state index >= 15 is 0 Å². The predicted octanol–water partition coefficient (Wildman–Crippen LogP) is 2.98. The fourth-order valence-corrected chi connectivity index (χ4v) is 3.60. The van der Waals surface area contributed by atoms with Crippen molar-refractivity contribution in [3.8, 4) is 11.5 Å². The van der Waals surface area contributed by atoms with Gasteiger partial charge in [-0.3, -0.25) is 4.99 Å². The maximum absolute atomic E-state index is 5.46. The van der Waals surface area contributed by atoms with Crippen molar-refractivity contribution in [2.45, 2.75) is 26.1 Å². The van der Waals surface area contributed by atoms with Gasteiger partial charge in [-0.25, -0.2) is 0 Å². The molecule has 150 valence electrons. The second-order valence-corrected chi connectivity index (χ2v) is 6.75. The van der Waals surface area contributed by atoms with E-state index in [2.05, 4.69) is 45.5 Å². The highest BCUT2D eigenvalue weighted by Gasteiger charge is 2.21. The van der Waals surface area contributed by atoms with Gasteiger partial charge in [0.15, 0.2) is 17.5 Å². The molecule has 0 radical (unpaired) electrons. The molecule has 1 aliphatic rings. The van der Waals surface area contributed by atoms with Crippen molar-refractivity contribution in [2.75, 3.05) is 34.9 Å². The van der Waals surface area contributed by atoms with Gasteiger partial charge < -0.3 is 24.4 Å². The lowest BCUT2D eigenvalue weighted by atomic mass is 9.99. The van der Waals surface area contributed by atoms with Gasteiger partial charge in [-0.2, -0.15) is 0 Å². The van der Waals surface area contributed by atoms with Crippen molar-refractivity contribution in [3.63, 3.8) is 0 Å². The lowest BCUT2D eigenvalue weighted by Crippen LogP contribution is -2.43. The Morgan fingerprint density at radius 3 is 2.36 bits per heavy atom. The number of nitrogens with zero attached hydrogens (tertiary/aromatic N) is 2. The number of nitrogens with one attached hydrogen (secondary N) is 1. The third-order valence-corrected chi connectivity index (χ3v) is 5.08. The molecule has 0 aliphatic carbocycles. The van der Waals surface area contributed by atoms with Gasteiger partial charge >= 0.3 is 0 Å². The zero-order chi connectivity index (χ0) is 19.9. The molecule has 3 rings (SSSR count). The van der Waals surface area contributed by atoms with Gasteiger partial charge in [0.2, 0.25) is 0 Å². The van der Waals surface area contributed by atoms with Gasteiger partial charge in [-0.05, 0) is 40.8 Å². The van der Waals surface area contributed by atoms with Crippen LogP contribution in [0.1, 0.15) is 22.3 Å². The van der Waals surface area contributed by atoms with E-state index in [9.17, 15) is 0 Å². The van der Waals surface area contributed by atoms with E-state index < -0.39 is 0 Å². The maximum atomic E-state index is 5.46. The highest BCUT2D eigenvalue weighted by molar-refractivity contribution is 5.80. The summed E-state index contributed by atoms with van der Waals surface area (Å²) < 4.78 is 16.2. The number of rotatable bonds is 6. The van der Waals surface area contributed by atoms with Gasteiger partial charge in [0.1, 0.15) is 0 Å². The van der Waals surface area contributed by atoms with Crippen molar-refractivity contribution in [1.29, 1.82) is 0 Å². The molecule has 6 nitrogen and oxygen atoms in total. The average Bonchev–Trinajstić information content (AvgIpc) is 2.74. The van der Waals surface area contributed by atoms with Crippen LogP contribution in [-0.2, 0) is 30.9 Å². The molecule has 0 atom stereocenters. The SMILES string of the molecule is CN=C(NCc1ccccc1COC)N1CCc2cc(OC)c(OC)cc2C1. The van der Waals surface area contributed by atoms with Crippen molar-refractivity contribution < 1.29 is 14.2 Å². The molecule has 0 bridgehead atoms. The molecule has 0 fully saturated rings. The molecule has 0 saturated carbocycles. The third-order valence-electron chi connectivity index (χ3n) is 5.08. The Hall–Kier alpha value is -2.73. The van der Waals surface area contributed by atoms with E-state index in [4.69, 9.17) is 14.2 Å². The van der Waals surface area contributed by atoms with Crippen LogP contribution in [0.15, 0.2) is 41.4 Å². The van der Waals surface area contributed by atoms with Crippen LogP contribution >= 0.6 is 0 Å². The first-order chi connectivity index (χ1) is 13.7. The number of methoxy groups -OCH3 is 3. The molecular weight excluding hydrogens is 354 g/mol. The molecule has 1 N–H and O–H groups in total. The molecule has 0 unspecified atom stereocenters. The molecule has 2 aromatic rings. The number of benzene rings is 2. The fourth-order valence-electron chi connectivity index (χ4n) is 3.60. The molecule has 0 amide bonds. The molecule has 0 saturated heterocycles. The number of guanidine groups is 1. The Balaban J connectivity index is 1.71. The first-order valence-electron chi connectivity index (χ1n) is 9.45. The quantitative estimate of drug-likeness (QED) is 0.614. The molecule has 0 spiro atoms. The summed E-state index contributed by atoms with van der Waals surface area (Å²) in [7, 11) is 6.89. The number of ether oxygens (including phenoxy) is 3. The Bertz CT molecular complexity index is 836. The standard InChI is InChI=1S/C22H29N3O3/c1-23-22(24-13-17-7-5-6-8-18(17)15-26-2)25-10-9-16-11-20(27-3)21(28-4)12-19(16)14-25/h5-8,11-12H,9-10,13-15H2,1-4H3,(H,23,24). The molecule has 1 aliphatic heterocycles. The van der Waals surface area contributed by atoms with Crippen LogP contribution in [-0.4, -0.2) is 45.8 Å². The third kappa shape index (κ3) is 4.39. The summed E-state index contributed by atoms with van der Waals surface area (Å²) in [5, 5.41) is 3.50. The van der Waals surface area contributed by atoms with E-state index in [1.54, 1.807) is 21.3 Å². The minimum Gasteiger partial charge on any atom is -0.493 e. The van der Waals surface area contributed by atoms with E-state index in [0.717, 1.165) is 37.0 Å². The Kier molecular flexibility index (Phi) is 6.76. The number of hydrogen-bond acceptors (Lipinski definition) is 4. The van der Waals surface area contributed by atoms with Gasteiger partial charge in [0.25, 0.3) is 0 Å². The maximum Gasteiger partial charge on any atom is 0.194 e. The molecule has 1 heterocycles. The van der Waals surface area contributed by atoms with Crippen molar-refractivity contribution in [2.24, 2.45) is 4.99 Å². The summed E-state index contributed by atoms with van der Waals surface area (Å²) in [6.45, 7) is 3.01. The lowest BCUT2D eigenvalue weighted by Gasteiger charge is -2.32. The zero-order valence-corrected chi connectivity index (χ0v) is 17.1. The van der Waals surface area contributed by atoms with Crippen LogP contribution in [0.2, 0.25) is 0 Å². The van der Waals surface area contributed by atoms with Crippen LogP contribution in [0.3, 0.4) is 0 Å². The largest absolute Gasteiger partial charge is 0.493 e.